The van der Waals surface area contributed by atoms with Gasteiger partial charge in [0.25, 0.3) is 17.7 Å². The number of amides is 6. The highest BCUT2D eigenvalue weighted by atomic mass is 16.2. The van der Waals surface area contributed by atoms with Crippen LogP contribution in [0.25, 0.3) is 6.08 Å². The molecule has 6 heterocycles. The van der Waals surface area contributed by atoms with Gasteiger partial charge in [-0.2, -0.15) is 0 Å². The molecular weight excluding hydrogens is 775 g/mol. The molecule has 2 aromatic heterocycles. The minimum Gasteiger partial charge on any atom is -0.353 e. The summed E-state index contributed by atoms with van der Waals surface area (Å²) >= 11 is 0. The van der Waals surface area contributed by atoms with Crippen molar-refractivity contribution in [2.45, 2.75) is 89.5 Å². The fourth-order valence-electron chi connectivity index (χ4n) is 8.84. The first-order chi connectivity index (χ1) is 29.7. The predicted molar refractivity (Wildman–Crippen MR) is 229 cm³/mol. The van der Waals surface area contributed by atoms with E-state index in [0.717, 1.165) is 132 Å². The molecule has 0 saturated carbocycles. The molecule has 3 saturated heterocycles. The number of aryl methyl sites for hydroxylation is 1. The van der Waals surface area contributed by atoms with Gasteiger partial charge in [0.2, 0.25) is 17.7 Å². The molecule has 3 aromatic rings. The van der Waals surface area contributed by atoms with Crippen LogP contribution in [0, 0.1) is 5.92 Å². The Balaban J connectivity index is 0.732. The molecule has 1 atom stereocenters. The molecule has 322 valence electrons. The summed E-state index contributed by atoms with van der Waals surface area (Å²) in [6, 6.07) is 11.8. The lowest BCUT2D eigenvalue weighted by atomic mass is 9.91. The number of pyridine rings is 1. The quantitative estimate of drug-likeness (QED) is 0.105. The summed E-state index contributed by atoms with van der Waals surface area (Å²) in [5, 5.41) is 14.0. The number of hydrogen-bond acceptors (Lipinski definition) is 11. The number of unbranched alkanes of at least 4 members (excludes halogenated alkanes) is 5. The van der Waals surface area contributed by atoms with E-state index in [9.17, 15) is 28.8 Å². The number of anilines is 1. The van der Waals surface area contributed by atoms with Gasteiger partial charge in [-0.15, -0.1) is 10.2 Å². The highest BCUT2D eigenvalue weighted by molar-refractivity contribution is 6.24. The van der Waals surface area contributed by atoms with E-state index in [4.69, 9.17) is 0 Å². The zero-order valence-corrected chi connectivity index (χ0v) is 34.9. The maximum atomic E-state index is 13.4. The predicted octanol–water partition coefficient (Wildman–Crippen LogP) is 4.44. The number of piperazine rings is 1. The maximum absolute atomic E-state index is 13.4. The van der Waals surface area contributed by atoms with Crippen molar-refractivity contribution in [3.63, 3.8) is 0 Å². The number of piperidine rings is 2. The van der Waals surface area contributed by atoms with Gasteiger partial charge in [0.15, 0.2) is 11.5 Å². The van der Waals surface area contributed by atoms with Crippen molar-refractivity contribution in [1.82, 2.24) is 40.5 Å². The van der Waals surface area contributed by atoms with Gasteiger partial charge in [-0.05, 0) is 98.9 Å². The van der Waals surface area contributed by atoms with Gasteiger partial charge < -0.3 is 15.1 Å². The van der Waals surface area contributed by atoms with Gasteiger partial charge in [-0.25, -0.2) is 0 Å². The molecule has 61 heavy (non-hydrogen) atoms. The molecule has 7 rings (SSSR count). The van der Waals surface area contributed by atoms with Crippen molar-refractivity contribution >= 4 is 47.3 Å². The Labute approximate surface area is 357 Å². The largest absolute Gasteiger partial charge is 0.353 e. The molecule has 0 aliphatic carbocycles. The van der Waals surface area contributed by atoms with Crippen LogP contribution in [-0.4, -0.2) is 124 Å². The average molecular weight is 832 g/mol. The lowest BCUT2D eigenvalue weighted by molar-refractivity contribution is -0.136. The van der Waals surface area contributed by atoms with E-state index in [0.29, 0.717) is 35.7 Å². The first-order valence-corrected chi connectivity index (χ1v) is 22.0. The third-order valence-electron chi connectivity index (χ3n) is 12.4. The Bertz CT molecular complexity index is 2060. The second kappa shape index (κ2) is 21.1. The van der Waals surface area contributed by atoms with Crippen LogP contribution in [0.2, 0.25) is 0 Å². The fourth-order valence-corrected chi connectivity index (χ4v) is 8.84. The van der Waals surface area contributed by atoms with Crippen LogP contribution in [0.4, 0.5) is 5.82 Å². The Morgan fingerprint density at radius 2 is 1.61 bits per heavy atom. The molecule has 3 fully saturated rings. The van der Waals surface area contributed by atoms with Crippen LogP contribution in [0.1, 0.15) is 119 Å². The number of fused-ring (bicyclic) bond motifs is 1. The number of imide groups is 2. The summed E-state index contributed by atoms with van der Waals surface area (Å²) in [6.07, 6.45) is 17.9. The standard InChI is InChI=1S/C46H57N9O6/c56-40(19-15-34-11-9-23-47-32-34)48-24-6-5-10-33-21-26-54(27-22-33)45(60)37-16-18-39(51-50-37)53-30-28-52(29-31-53)25-7-3-1-2-4-12-35-13-8-14-36-42(35)46(61)55(44(36)59)38-17-20-41(57)49-43(38)58/h8-9,11,13-16,18-19,23,32-33,38H,1-7,10,12,17,20-22,24-31H2,(H,48,56)(H,49,57,58)/b19-15+. The van der Waals surface area contributed by atoms with Crippen molar-refractivity contribution in [2.75, 3.05) is 57.3 Å². The van der Waals surface area contributed by atoms with Crippen LogP contribution in [-0.2, 0) is 20.8 Å². The van der Waals surface area contributed by atoms with Gasteiger partial charge in [-0.3, -0.25) is 48.9 Å². The maximum Gasteiger partial charge on any atom is 0.274 e. The number of nitrogens with one attached hydrogen (secondary N) is 2. The number of aromatic nitrogens is 3. The Kier molecular flexibility index (Phi) is 15.0. The molecule has 1 aromatic carbocycles. The molecule has 15 heteroatoms. The number of carbonyl (C=O) groups is 6. The Morgan fingerprint density at radius 1 is 0.803 bits per heavy atom. The number of rotatable bonds is 18. The van der Waals surface area contributed by atoms with E-state index < -0.39 is 23.8 Å². The lowest BCUT2D eigenvalue weighted by Crippen LogP contribution is -2.54. The highest BCUT2D eigenvalue weighted by Crippen LogP contribution is 2.31. The smallest absolute Gasteiger partial charge is 0.274 e. The summed E-state index contributed by atoms with van der Waals surface area (Å²) in [6.45, 7) is 6.72. The summed E-state index contributed by atoms with van der Waals surface area (Å²) in [4.78, 5) is 87.5. The second-order valence-electron chi connectivity index (χ2n) is 16.6. The Hall–Kier alpha value is -5.83. The first-order valence-electron chi connectivity index (χ1n) is 22.0. The highest BCUT2D eigenvalue weighted by Gasteiger charge is 2.45. The van der Waals surface area contributed by atoms with Gasteiger partial charge in [-0.1, -0.05) is 50.3 Å². The average Bonchev–Trinajstić information content (AvgIpc) is 3.54. The number of nitrogens with zero attached hydrogens (tertiary/aromatic N) is 7. The fraction of sp³-hybridized carbons (Fsp3) is 0.500. The summed E-state index contributed by atoms with van der Waals surface area (Å²) in [5.41, 5.74) is 2.85. The summed E-state index contributed by atoms with van der Waals surface area (Å²) in [7, 11) is 0. The minimum atomic E-state index is -0.955. The van der Waals surface area contributed by atoms with Gasteiger partial charge in [0.1, 0.15) is 6.04 Å². The lowest BCUT2D eigenvalue weighted by Gasteiger charge is -2.35. The van der Waals surface area contributed by atoms with Crippen molar-refractivity contribution in [2.24, 2.45) is 5.92 Å². The van der Waals surface area contributed by atoms with Gasteiger partial charge in [0.05, 0.1) is 11.1 Å². The van der Waals surface area contributed by atoms with Crippen LogP contribution < -0.4 is 15.5 Å². The van der Waals surface area contributed by atoms with Crippen molar-refractivity contribution in [3.8, 4) is 0 Å². The van der Waals surface area contributed by atoms with Crippen LogP contribution in [0.15, 0.2) is 60.9 Å². The molecule has 0 radical (unpaired) electrons. The molecule has 0 spiro atoms. The molecular formula is C46H57N9O6. The van der Waals surface area contributed by atoms with Gasteiger partial charge >= 0.3 is 0 Å². The van der Waals surface area contributed by atoms with E-state index in [1.54, 1.807) is 36.7 Å². The van der Waals surface area contributed by atoms with Crippen molar-refractivity contribution < 1.29 is 28.8 Å². The third-order valence-corrected chi connectivity index (χ3v) is 12.4. The third kappa shape index (κ3) is 11.3. The monoisotopic (exact) mass is 831 g/mol. The first kappa shape index (κ1) is 43.3. The summed E-state index contributed by atoms with van der Waals surface area (Å²) in [5.74, 6) is -0.660. The van der Waals surface area contributed by atoms with E-state index in [2.05, 4.69) is 35.6 Å². The van der Waals surface area contributed by atoms with E-state index in [-0.39, 0.29) is 30.6 Å². The molecule has 15 nitrogen and oxygen atoms in total. The normalized spacial score (nSPS) is 18.8. The molecule has 4 aliphatic heterocycles. The number of likely N-dealkylation sites (tertiary alicyclic amines) is 1. The topological polar surface area (TPSA) is 178 Å². The number of carbonyl (C=O) groups excluding carboxylic acids is 6. The molecule has 0 bridgehead atoms. The van der Waals surface area contributed by atoms with E-state index >= 15 is 0 Å². The minimum absolute atomic E-state index is 0.0575. The summed E-state index contributed by atoms with van der Waals surface area (Å²) < 4.78 is 0. The molecule has 6 amide bonds. The van der Waals surface area contributed by atoms with Crippen molar-refractivity contribution in [1.29, 1.82) is 0 Å². The Morgan fingerprint density at radius 3 is 2.36 bits per heavy atom. The zero-order valence-electron chi connectivity index (χ0n) is 34.9. The molecule has 1 unspecified atom stereocenters. The van der Waals surface area contributed by atoms with Crippen molar-refractivity contribution in [3.05, 3.63) is 88.9 Å². The number of benzene rings is 1. The second-order valence-corrected chi connectivity index (χ2v) is 16.6. The SMILES string of the molecule is O=C(/C=C/c1cccnc1)NCCCCC1CCN(C(=O)c2ccc(N3CCN(CCCCCCCc4cccc5c4C(=O)N(C4CCC(=O)NC4=O)C5=O)CC3)nn2)CC1. The zero-order chi connectivity index (χ0) is 42.6. The molecule has 2 N–H and O–H groups in total. The van der Waals surface area contributed by atoms with E-state index in [1.807, 2.05) is 35.2 Å². The number of hydrogen-bond donors (Lipinski definition) is 2. The molecule has 4 aliphatic rings. The van der Waals surface area contributed by atoms with Crippen LogP contribution >= 0.6 is 0 Å². The van der Waals surface area contributed by atoms with E-state index in [1.165, 1.54) is 0 Å². The van der Waals surface area contributed by atoms with Crippen LogP contribution in [0.3, 0.4) is 0 Å². The van der Waals surface area contributed by atoms with Crippen LogP contribution in [0.5, 0.6) is 0 Å². The van der Waals surface area contributed by atoms with Gasteiger partial charge in [0, 0.05) is 70.7 Å².